The largest absolute Gasteiger partial charge is 0.493 e. The summed E-state index contributed by atoms with van der Waals surface area (Å²) in [4.78, 5) is 15.0. The van der Waals surface area contributed by atoms with Crippen LogP contribution in [0.15, 0.2) is 24.3 Å². The molecule has 2 aromatic rings. The molecule has 0 fully saturated rings. The highest BCUT2D eigenvalue weighted by atomic mass is 35.5. The number of halogens is 1. The van der Waals surface area contributed by atoms with Crippen molar-refractivity contribution in [1.29, 1.82) is 0 Å². The third-order valence-electron chi connectivity index (χ3n) is 5.30. The Bertz CT molecular complexity index is 946. The molecule has 0 saturated heterocycles. The van der Waals surface area contributed by atoms with E-state index in [0.717, 1.165) is 35.4 Å². The van der Waals surface area contributed by atoms with Crippen molar-refractivity contribution in [3.05, 3.63) is 46.5 Å². The minimum atomic E-state index is -0.414. The zero-order valence-corrected chi connectivity index (χ0v) is 18.3. The summed E-state index contributed by atoms with van der Waals surface area (Å²) >= 11 is 0. The molecule has 2 heterocycles. The van der Waals surface area contributed by atoms with Gasteiger partial charge in [-0.15, -0.1) is 12.4 Å². The molecule has 1 atom stereocenters. The molecule has 4 rings (SSSR count). The SMILES string of the molecule is COc1ccc2c(c1OC)C(=O)OC(c1cc3c(cc1CCN(C)C)OCO3)C2.Cl. The van der Waals surface area contributed by atoms with Crippen molar-refractivity contribution in [2.75, 3.05) is 41.7 Å². The Balaban J connectivity index is 0.00000256. The third-order valence-corrected chi connectivity index (χ3v) is 5.30. The van der Waals surface area contributed by atoms with E-state index < -0.39 is 12.1 Å². The van der Waals surface area contributed by atoms with Gasteiger partial charge in [-0.3, -0.25) is 0 Å². The number of fused-ring (bicyclic) bond motifs is 2. The summed E-state index contributed by atoms with van der Waals surface area (Å²) in [5.41, 5.74) is 3.34. The number of hydrogen-bond donors (Lipinski definition) is 0. The van der Waals surface area contributed by atoms with E-state index in [4.69, 9.17) is 23.7 Å². The molecule has 2 aliphatic heterocycles. The third kappa shape index (κ3) is 4.00. The number of likely N-dealkylation sites (N-methyl/N-ethyl adjacent to an activating group) is 1. The van der Waals surface area contributed by atoms with Gasteiger partial charge in [-0.2, -0.15) is 0 Å². The summed E-state index contributed by atoms with van der Waals surface area (Å²) in [5, 5.41) is 0. The molecule has 0 N–H and O–H groups in total. The van der Waals surface area contributed by atoms with Crippen LogP contribution in [0.1, 0.15) is 33.2 Å². The minimum absolute atomic E-state index is 0. The number of cyclic esters (lactones) is 1. The Kier molecular flexibility index (Phi) is 6.63. The van der Waals surface area contributed by atoms with Crippen LogP contribution in [0.5, 0.6) is 23.0 Å². The number of hydrogen-bond acceptors (Lipinski definition) is 7. The Morgan fingerprint density at radius 2 is 1.83 bits per heavy atom. The van der Waals surface area contributed by atoms with Crippen LogP contribution in [0.3, 0.4) is 0 Å². The fourth-order valence-corrected chi connectivity index (χ4v) is 3.82. The van der Waals surface area contributed by atoms with E-state index in [-0.39, 0.29) is 19.2 Å². The maximum Gasteiger partial charge on any atom is 0.342 e. The molecule has 0 aromatic heterocycles. The molecule has 0 amide bonds. The van der Waals surface area contributed by atoms with Gasteiger partial charge in [0.25, 0.3) is 0 Å². The fourth-order valence-electron chi connectivity index (χ4n) is 3.82. The van der Waals surface area contributed by atoms with E-state index in [1.807, 2.05) is 38.4 Å². The van der Waals surface area contributed by atoms with Crippen molar-refractivity contribution in [2.45, 2.75) is 18.9 Å². The number of carbonyl (C=O) groups excluding carboxylic acids is 1. The van der Waals surface area contributed by atoms with Crippen LogP contribution in [-0.2, 0) is 17.6 Å². The van der Waals surface area contributed by atoms with Crippen LogP contribution in [0.25, 0.3) is 0 Å². The van der Waals surface area contributed by atoms with Crippen LogP contribution in [-0.4, -0.2) is 52.5 Å². The quantitative estimate of drug-likeness (QED) is 0.644. The molecule has 0 saturated carbocycles. The molecule has 0 bridgehead atoms. The van der Waals surface area contributed by atoms with Gasteiger partial charge in [0.05, 0.1) is 14.2 Å². The van der Waals surface area contributed by atoms with Crippen LogP contribution < -0.4 is 18.9 Å². The summed E-state index contributed by atoms with van der Waals surface area (Å²) in [5.74, 6) is 1.92. The van der Waals surface area contributed by atoms with Gasteiger partial charge < -0.3 is 28.6 Å². The van der Waals surface area contributed by atoms with Gasteiger partial charge in [0, 0.05) is 13.0 Å². The topological polar surface area (TPSA) is 66.5 Å². The maximum absolute atomic E-state index is 12.9. The van der Waals surface area contributed by atoms with Crippen LogP contribution in [0.4, 0.5) is 0 Å². The lowest BCUT2D eigenvalue weighted by Gasteiger charge is -2.28. The number of carbonyl (C=O) groups is 1. The molecule has 2 aromatic carbocycles. The second-order valence-electron chi connectivity index (χ2n) is 7.39. The molecule has 1 unspecified atom stereocenters. The molecule has 162 valence electrons. The molecular weight excluding hydrogens is 410 g/mol. The van der Waals surface area contributed by atoms with E-state index in [2.05, 4.69) is 4.90 Å². The van der Waals surface area contributed by atoms with Gasteiger partial charge in [0.2, 0.25) is 6.79 Å². The van der Waals surface area contributed by atoms with E-state index in [1.54, 1.807) is 7.11 Å². The van der Waals surface area contributed by atoms with Crippen LogP contribution in [0, 0.1) is 0 Å². The number of esters is 1. The Labute approximate surface area is 182 Å². The summed E-state index contributed by atoms with van der Waals surface area (Å²) in [7, 11) is 7.13. The van der Waals surface area contributed by atoms with E-state index >= 15 is 0 Å². The van der Waals surface area contributed by atoms with Crippen molar-refractivity contribution in [2.24, 2.45) is 0 Å². The van der Waals surface area contributed by atoms with Gasteiger partial charge in [-0.05, 0) is 55.4 Å². The monoisotopic (exact) mass is 435 g/mol. The molecule has 7 nitrogen and oxygen atoms in total. The lowest BCUT2D eigenvalue weighted by Crippen LogP contribution is -2.24. The zero-order chi connectivity index (χ0) is 20.5. The van der Waals surface area contributed by atoms with E-state index in [9.17, 15) is 4.79 Å². The fraction of sp³-hybridized carbons (Fsp3) is 0.409. The van der Waals surface area contributed by atoms with Crippen molar-refractivity contribution in [3.8, 4) is 23.0 Å². The van der Waals surface area contributed by atoms with Gasteiger partial charge in [0.1, 0.15) is 11.7 Å². The average Bonchev–Trinajstić information content (AvgIpc) is 3.17. The highest BCUT2D eigenvalue weighted by Crippen LogP contribution is 2.43. The number of methoxy groups -OCH3 is 2. The molecule has 30 heavy (non-hydrogen) atoms. The molecule has 0 radical (unpaired) electrons. The average molecular weight is 436 g/mol. The van der Waals surface area contributed by atoms with Crippen molar-refractivity contribution in [3.63, 3.8) is 0 Å². The van der Waals surface area contributed by atoms with E-state index in [1.165, 1.54) is 7.11 Å². The normalized spacial score (nSPS) is 16.6. The molecule has 2 aliphatic rings. The summed E-state index contributed by atoms with van der Waals surface area (Å²) in [6.45, 7) is 1.07. The second-order valence-corrected chi connectivity index (χ2v) is 7.39. The van der Waals surface area contributed by atoms with Gasteiger partial charge in [-0.1, -0.05) is 6.07 Å². The highest BCUT2D eigenvalue weighted by molar-refractivity contribution is 5.96. The molecule has 0 spiro atoms. The number of benzene rings is 2. The van der Waals surface area contributed by atoms with Crippen molar-refractivity contribution in [1.82, 2.24) is 4.90 Å². The first-order valence-electron chi connectivity index (χ1n) is 9.53. The zero-order valence-electron chi connectivity index (χ0n) is 17.5. The first kappa shape index (κ1) is 22.1. The van der Waals surface area contributed by atoms with E-state index in [0.29, 0.717) is 29.2 Å². The number of ether oxygens (including phenoxy) is 5. The van der Waals surface area contributed by atoms with Gasteiger partial charge >= 0.3 is 5.97 Å². The Morgan fingerprint density at radius 3 is 2.50 bits per heavy atom. The first-order valence-corrected chi connectivity index (χ1v) is 9.53. The van der Waals surface area contributed by atoms with Gasteiger partial charge in [-0.25, -0.2) is 4.79 Å². The highest BCUT2D eigenvalue weighted by Gasteiger charge is 2.34. The molecule has 0 aliphatic carbocycles. The van der Waals surface area contributed by atoms with Crippen LogP contribution in [0.2, 0.25) is 0 Å². The summed E-state index contributed by atoms with van der Waals surface area (Å²) in [6, 6.07) is 7.66. The second kappa shape index (κ2) is 9.02. The Hall–Kier alpha value is -2.64. The van der Waals surface area contributed by atoms with Crippen molar-refractivity contribution < 1.29 is 28.5 Å². The summed E-state index contributed by atoms with van der Waals surface area (Å²) in [6.07, 6.45) is 0.960. The summed E-state index contributed by atoms with van der Waals surface area (Å²) < 4.78 is 27.7. The number of rotatable bonds is 6. The number of nitrogens with zero attached hydrogens (tertiary/aromatic N) is 1. The van der Waals surface area contributed by atoms with Gasteiger partial charge in [0.15, 0.2) is 23.0 Å². The lowest BCUT2D eigenvalue weighted by molar-refractivity contribution is 0.0244. The first-order chi connectivity index (χ1) is 14.0. The van der Waals surface area contributed by atoms with Crippen molar-refractivity contribution >= 4 is 18.4 Å². The minimum Gasteiger partial charge on any atom is -0.493 e. The predicted molar refractivity (Wildman–Crippen MR) is 113 cm³/mol. The molecule has 8 heteroatoms. The Morgan fingerprint density at radius 1 is 1.10 bits per heavy atom. The molecular formula is C22H26ClNO6. The smallest absolute Gasteiger partial charge is 0.342 e. The van der Waals surface area contributed by atoms with Crippen LogP contribution >= 0.6 is 12.4 Å². The lowest BCUT2D eigenvalue weighted by atomic mass is 9.90. The predicted octanol–water partition coefficient (Wildman–Crippen LogP) is 3.41. The maximum atomic E-state index is 12.9. The standard InChI is InChI=1S/C22H25NO6.ClH/c1-23(2)8-7-13-9-18-19(28-12-27-18)11-15(13)17-10-14-5-6-16(25-3)21(26-4)20(14)22(24)29-17;/h5-6,9,11,17H,7-8,10,12H2,1-4H3;1H.